The van der Waals surface area contributed by atoms with Crippen LogP contribution in [0.15, 0.2) is 11.4 Å². The lowest BCUT2D eigenvalue weighted by Crippen LogP contribution is -2.22. The molecule has 2 rings (SSSR count). The van der Waals surface area contributed by atoms with E-state index in [-0.39, 0.29) is 5.91 Å². The van der Waals surface area contributed by atoms with Crippen LogP contribution in [0, 0.1) is 6.92 Å². The third kappa shape index (κ3) is 3.05. The molecule has 0 bridgehead atoms. The average molecular weight is 282 g/mol. The highest BCUT2D eigenvalue weighted by Crippen LogP contribution is 2.17. The van der Waals surface area contributed by atoms with E-state index in [9.17, 15) is 4.79 Å². The molecule has 0 spiro atoms. The van der Waals surface area contributed by atoms with Crippen LogP contribution in [0.3, 0.4) is 0 Å². The maximum atomic E-state index is 11.8. The molecule has 96 valence electrons. The summed E-state index contributed by atoms with van der Waals surface area (Å²) in [6.45, 7) is 5.32. The van der Waals surface area contributed by atoms with Crippen molar-refractivity contribution in [1.29, 1.82) is 0 Å². The molecule has 0 unspecified atom stereocenters. The summed E-state index contributed by atoms with van der Waals surface area (Å²) in [6.07, 6.45) is 0. The molecular weight excluding hydrogens is 268 g/mol. The fourth-order valence-corrected chi connectivity index (χ4v) is 2.93. The molecule has 2 N–H and O–H groups in total. The van der Waals surface area contributed by atoms with Crippen LogP contribution in [0.1, 0.15) is 27.2 Å². The van der Waals surface area contributed by atoms with E-state index in [0.29, 0.717) is 16.7 Å². The van der Waals surface area contributed by atoms with Crippen LogP contribution in [0.4, 0.5) is 5.13 Å². The van der Waals surface area contributed by atoms with Crippen LogP contribution in [0.25, 0.3) is 0 Å². The highest BCUT2D eigenvalue weighted by Gasteiger charge is 2.12. The number of carbonyl (C=O) groups is 1. The Morgan fingerprint density at radius 3 is 2.94 bits per heavy atom. The number of anilines is 1. The molecule has 0 aliphatic heterocycles. The van der Waals surface area contributed by atoms with Gasteiger partial charge in [-0.1, -0.05) is 11.3 Å². The van der Waals surface area contributed by atoms with E-state index < -0.39 is 0 Å². The largest absolute Gasteiger partial charge is 0.360 e. The zero-order valence-corrected chi connectivity index (χ0v) is 11.8. The van der Waals surface area contributed by atoms with Gasteiger partial charge < -0.3 is 10.6 Å². The predicted octanol–water partition coefficient (Wildman–Crippen LogP) is 2.27. The molecule has 0 aliphatic carbocycles. The van der Waals surface area contributed by atoms with Crippen LogP contribution in [0.2, 0.25) is 0 Å². The van der Waals surface area contributed by atoms with E-state index in [1.54, 1.807) is 11.3 Å². The van der Waals surface area contributed by atoms with Gasteiger partial charge in [-0.2, -0.15) is 0 Å². The molecule has 7 heteroatoms. The maximum absolute atomic E-state index is 11.8. The molecule has 0 aromatic carbocycles. The summed E-state index contributed by atoms with van der Waals surface area (Å²) in [5, 5.41) is 16.7. The van der Waals surface area contributed by atoms with Crippen molar-refractivity contribution >= 4 is 33.7 Å². The highest BCUT2D eigenvalue weighted by molar-refractivity contribution is 7.17. The summed E-state index contributed by atoms with van der Waals surface area (Å²) in [5.41, 5.74) is 1.20. The van der Waals surface area contributed by atoms with Crippen molar-refractivity contribution in [2.75, 3.05) is 11.9 Å². The van der Waals surface area contributed by atoms with Gasteiger partial charge in [0.25, 0.3) is 5.91 Å². The Balaban J connectivity index is 1.93. The molecule has 0 radical (unpaired) electrons. The number of hydrogen-bond donors (Lipinski definition) is 2. The molecule has 2 aromatic rings. The number of rotatable bonds is 5. The van der Waals surface area contributed by atoms with E-state index >= 15 is 0 Å². The summed E-state index contributed by atoms with van der Waals surface area (Å²) in [4.78, 5) is 13.0. The van der Waals surface area contributed by atoms with E-state index in [2.05, 4.69) is 20.8 Å². The first-order valence-corrected chi connectivity index (χ1v) is 7.29. The standard InChI is InChI=1S/C11H14N4OS2/c1-3-12-11-15-14-10(18-11)9(16)13-6-8-7(2)4-5-17-8/h4-5H,3,6H2,1-2H3,(H,12,15)(H,13,16). The number of aryl methyl sites for hydroxylation is 1. The lowest BCUT2D eigenvalue weighted by atomic mass is 10.3. The van der Waals surface area contributed by atoms with Crippen LogP contribution in [-0.2, 0) is 6.54 Å². The number of thiophene rings is 1. The first-order valence-electron chi connectivity index (χ1n) is 5.59. The van der Waals surface area contributed by atoms with Gasteiger partial charge in [0.1, 0.15) is 0 Å². The third-order valence-corrected chi connectivity index (χ3v) is 4.23. The van der Waals surface area contributed by atoms with Crippen LogP contribution >= 0.6 is 22.7 Å². The molecule has 5 nitrogen and oxygen atoms in total. The normalized spacial score (nSPS) is 10.3. The molecule has 18 heavy (non-hydrogen) atoms. The van der Waals surface area contributed by atoms with Gasteiger partial charge in [0.05, 0.1) is 6.54 Å². The Kier molecular flexibility index (Phi) is 4.27. The van der Waals surface area contributed by atoms with Gasteiger partial charge in [0.15, 0.2) is 0 Å². The topological polar surface area (TPSA) is 66.9 Å². The molecule has 0 aliphatic rings. The Morgan fingerprint density at radius 2 is 2.28 bits per heavy atom. The van der Waals surface area contributed by atoms with Gasteiger partial charge in [-0.05, 0) is 30.9 Å². The van der Waals surface area contributed by atoms with Gasteiger partial charge in [-0.15, -0.1) is 21.5 Å². The number of nitrogens with one attached hydrogen (secondary N) is 2. The van der Waals surface area contributed by atoms with E-state index in [0.717, 1.165) is 6.54 Å². The van der Waals surface area contributed by atoms with Gasteiger partial charge in [0.2, 0.25) is 10.1 Å². The molecule has 1 amide bonds. The first kappa shape index (κ1) is 13.0. The predicted molar refractivity (Wildman–Crippen MR) is 74.3 cm³/mol. The fourth-order valence-electron chi connectivity index (χ4n) is 1.36. The number of carbonyl (C=O) groups excluding carboxylic acids is 1. The highest BCUT2D eigenvalue weighted by atomic mass is 32.1. The van der Waals surface area contributed by atoms with Gasteiger partial charge in [-0.3, -0.25) is 4.79 Å². The lowest BCUT2D eigenvalue weighted by Gasteiger charge is -2.01. The second-order valence-corrected chi connectivity index (χ2v) is 5.63. The van der Waals surface area contributed by atoms with Gasteiger partial charge in [0, 0.05) is 11.4 Å². The second-order valence-electron chi connectivity index (χ2n) is 3.65. The minimum atomic E-state index is -0.176. The fraction of sp³-hybridized carbons (Fsp3) is 0.364. The minimum absolute atomic E-state index is 0.176. The van der Waals surface area contributed by atoms with Gasteiger partial charge >= 0.3 is 0 Å². The zero-order valence-electron chi connectivity index (χ0n) is 10.2. The van der Waals surface area contributed by atoms with Crippen molar-refractivity contribution in [2.24, 2.45) is 0 Å². The van der Waals surface area contributed by atoms with Crippen molar-refractivity contribution in [2.45, 2.75) is 20.4 Å². The summed E-state index contributed by atoms with van der Waals surface area (Å²) >= 11 is 2.91. The first-order chi connectivity index (χ1) is 8.70. The molecule has 0 saturated heterocycles. The summed E-state index contributed by atoms with van der Waals surface area (Å²) in [7, 11) is 0. The monoisotopic (exact) mass is 282 g/mol. The average Bonchev–Trinajstić information content (AvgIpc) is 2.96. The van der Waals surface area contributed by atoms with Crippen LogP contribution in [0.5, 0.6) is 0 Å². The third-order valence-electron chi connectivity index (χ3n) is 2.32. The Bertz CT molecular complexity index is 535. The molecule has 2 heterocycles. The molecule has 0 atom stereocenters. The van der Waals surface area contributed by atoms with E-state index in [4.69, 9.17) is 0 Å². The molecule has 2 aromatic heterocycles. The van der Waals surface area contributed by atoms with E-state index in [1.807, 2.05) is 25.3 Å². The molecule has 0 fully saturated rings. The summed E-state index contributed by atoms with van der Waals surface area (Å²) in [5.74, 6) is -0.176. The Morgan fingerprint density at radius 1 is 1.44 bits per heavy atom. The number of nitrogens with zero attached hydrogens (tertiary/aromatic N) is 2. The minimum Gasteiger partial charge on any atom is -0.360 e. The second kappa shape index (κ2) is 5.92. The van der Waals surface area contributed by atoms with Crippen LogP contribution in [-0.4, -0.2) is 22.6 Å². The number of aromatic nitrogens is 2. The Hall–Kier alpha value is -1.47. The van der Waals surface area contributed by atoms with Crippen molar-refractivity contribution in [3.05, 3.63) is 26.9 Å². The zero-order chi connectivity index (χ0) is 13.0. The number of amides is 1. The van der Waals surface area contributed by atoms with Gasteiger partial charge in [-0.25, -0.2) is 0 Å². The smallest absolute Gasteiger partial charge is 0.282 e. The van der Waals surface area contributed by atoms with Crippen molar-refractivity contribution in [3.63, 3.8) is 0 Å². The van der Waals surface area contributed by atoms with E-state index in [1.165, 1.54) is 21.8 Å². The van der Waals surface area contributed by atoms with Crippen LogP contribution < -0.4 is 10.6 Å². The lowest BCUT2D eigenvalue weighted by molar-refractivity contribution is 0.0950. The summed E-state index contributed by atoms with van der Waals surface area (Å²) in [6, 6.07) is 2.04. The SMILES string of the molecule is CCNc1nnc(C(=O)NCc2sccc2C)s1. The van der Waals surface area contributed by atoms with Crippen molar-refractivity contribution < 1.29 is 4.79 Å². The maximum Gasteiger partial charge on any atom is 0.282 e. The molecule has 0 saturated carbocycles. The van der Waals surface area contributed by atoms with Crippen molar-refractivity contribution in [3.8, 4) is 0 Å². The quantitative estimate of drug-likeness (QED) is 0.883. The van der Waals surface area contributed by atoms with Crippen molar-refractivity contribution in [1.82, 2.24) is 15.5 Å². The summed E-state index contributed by atoms with van der Waals surface area (Å²) < 4.78 is 0. The molecular formula is C11H14N4OS2. The number of hydrogen-bond acceptors (Lipinski definition) is 6. The Labute approximate surface area is 113 Å².